The van der Waals surface area contributed by atoms with Gasteiger partial charge in [0.2, 0.25) is 11.7 Å². The van der Waals surface area contributed by atoms with Crippen LogP contribution >= 0.6 is 47.4 Å². The maximum atomic E-state index is 13.9. The molecule has 15 heteroatoms. The Morgan fingerprint density at radius 3 is 2.35 bits per heavy atom. The second kappa shape index (κ2) is 12.9. The van der Waals surface area contributed by atoms with E-state index in [0.717, 1.165) is 25.7 Å². The summed E-state index contributed by atoms with van der Waals surface area (Å²) in [5, 5.41) is 50.9. The highest BCUT2D eigenvalue weighted by molar-refractivity contribution is 14.1. The minimum absolute atomic E-state index is 0. The van der Waals surface area contributed by atoms with Crippen molar-refractivity contribution in [1.29, 1.82) is 0 Å². The number of benzene rings is 1. The molecule has 1 fully saturated rings. The number of hydrogen-bond donors (Lipinski definition) is 7. The van der Waals surface area contributed by atoms with E-state index < -0.39 is 69.7 Å². The molecule has 0 bridgehead atoms. The first kappa shape index (κ1) is 35.1. The van der Waals surface area contributed by atoms with Crippen molar-refractivity contribution in [1.82, 2.24) is 10.2 Å². The van der Waals surface area contributed by atoms with E-state index in [-0.39, 0.29) is 67.1 Å². The molecular weight excluding hydrogens is 718 g/mol. The molecule has 4 atom stereocenters. The highest BCUT2D eigenvalue weighted by Crippen LogP contribution is 2.53. The molecule has 3 unspecified atom stereocenters. The number of aromatic hydroxyl groups is 1. The van der Waals surface area contributed by atoms with Gasteiger partial charge in [0.1, 0.15) is 17.1 Å². The van der Waals surface area contributed by atoms with E-state index in [2.05, 4.69) is 10.6 Å². The molecule has 1 aromatic rings. The molecule has 4 aliphatic carbocycles. The standard InChI is InChI=1S/C28H33IN4O8.2ClH/c1-33(2)21-14-8-11-7-13-15(29)9-16(32-17(34)10-31-12-5-3-4-6-12)22(35)19(13)23(36)18(11)25(38)28(14,41)26(39)20(24(21)37)27(30)40;;/h9,11-12,14,21,31,35,37-38,41H,3-8,10H2,1-2H3,(H2,30,40)(H,32,34);2*1H/t11?,14?,21-,28?;;/m0../s1. The predicted molar refractivity (Wildman–Crippen MR) is 170 cm³/mol. The third kappa shape index (κ3) is 5.63. The molecule has 0 saturated heterocycles. The zero-order chi connectivity index (χ0) is 30.0. The monoisotopic (exact) mass is 752 g/mol. The van der Waals surface area contributed by atoms with Gasteiger partial charge >= 0.3 is 0 Å². The van der Waals surface area contributed by atoms with Crippen molar-refractivity contribution < 1.29 is 39.6 Å². The Labute approximate surface area is 274 Å². The van der Waals surface area contributed by atoms with E-state index >= 15 is 0 Å². The summed E-state index contributed by atoms with van der Waals surface area (Å²) in [6.45, 7) is 0.0336. The average molecular weight is 753 g/mol. The number of aliphatic hydroxyl groups excluding tert-OH is 2. The molecule has 43 heavy (non-hydrogen) atoms. The largest absolute Gasteiger partial charge is 0.510 e. The fourth-order valence-electron chi connectivity index (χ4n) is 6.93. The third-order valence-electron chi connectivity index (χ3n) is 8.85. The Bertz CT molecular complexity index is 1440. The van der Waals surface area contributed by atoms with Crippen molar-refractivity contribution in [3.63, 3.8) is 0 Å². The van der Waals surface area contributed by atoms with Crippen LogP contribution in [0.1, 0.15) is 48.0 Å². The number of likely N-dealkylation sites (N-methyl/N-ethyl adjacent to an activating group) is 1. The number of allylic oxidation sites excluding steroid dienone is 1. The number of halogens is 3. The van der Waals surface area contributed by atoms with Crippen molar-refractivity contribution in [2.45, 2.75) is 56.2 Å². The van der Waals surface area contributed by atoms with Crippen LogP contribution in [0, 0.1) is 15.4 Å². The van der Waals surface area contributed by atoms with E-state index in [1.54, 1.807) is 20.2 Å². The summed E-state index contributed by atoms with van der Waals surface area (Å²) in [7, 11) is 3.15. The van der Waals surface area contributed by atoms with Gasteiger partial charge < -0.3 is 36.8 Å². The number of fused-ring (bicyclic) bond motifs is 3. The first-order chi connectivity index (χ1) is 19.3. The molecule has 0 spiro atoms. The van der Waals surface area contributed by atoms with E-state index in [9.17, 15) is 39.6 Å². The number of rotatable bonds is 6. The van der Waals surface area contributed by atoms with Gasteiger partial charge in [-0.1, -0.05) is 12.8 Å². The molecule has 2 amide bonds. The normalized spacial score (nSPS) is 26.8. The molecule has 0 aromatic heterocycles. The molecule has 5 rings (SSSR count). The minimum Gasteiger partial charge on any atom is -0.510 e. The van der Waals surface area contributed by atoms with Crippen LogP contribution in [0.3, 0.4) is 0 Å². The molecule has 1 aromatic carbocycles. The molecule has 4 aliphatic rings. The second-order valence-electron chi connectivity index (χ2n) is 11.5. The van der Waals surface area contributed by atoms with Crippen LogP contribution in [0.4, 0.5) is 5.69 Å². The summed E-state index contributed by atoms with van der Waals surface area (Å²) >= 11 is 2.02. The number of Topliss-reactive ketones (excluding diaryl/α,β-unsaturated/α-hetero) is 2. The Hall–Kier alpha value is -2.43. The van der Waals surface area contributed by atoms with Crippen molar-refractivity contribution in [3.05, 3.63) is 43.4 Å². The van der Waals surface area contributed by atoms with Gasteiger partial charge in [0.05, 0.1) is 23.8 Å². The zero-order valence-corrected chi connectivity index (χ0v) is 27.3. The van der Waals surface area contributed by atoms with Gasteiger partial charge in [-0.3, -0.25) is 24.1 Å². The number of nitrogens with one attached hydrogen (secondary N) is 2. The van der Waals surface area contributed by atoms with Gasteiger partial charge in [-0.05, 0) is 79.9 Å². The number of carbonyl (C=O) groups excluding carboxylic acids is 4. The van der Waals surface area contributed by atoms with Gasteiger partial charge in [0, 0.05) is 21.1 Å². The van der Waals surface area contributed by atoms with E-state index in [1.807, 2.05) is 22.6 Å². The summed E-state index contributed by atoms with van der Waals surface area (Å²) < 4.78 is 0.602. The van der Waals surface area contributed by atoms with Crippen molar-refractivity contribution in [2.24, 2.45) is 17.6 Å². The molecule has 12 nitrogen and oxygen atoms in total. The highest BCUT2D eigenvalue weighted by Gasteiger charge is 2.63. The predicted octanol–water partition coefficient (Wildman–Crippen LogP) is 2.04. The lowest BCUT2D eigenvalue weighted by Gasteiger charge is -2.50. The number of hydrogen-bond acceptors (Lipinski definition) is 10. The SMILES string of the molecule is CN(C)[C@@H]1C(O)=C(C(N)=O)C(=O)C2(O)C(O)=C3C(=O)c4c(O)c(NC(=O)CNC5CCCC5)cc(I)c4CC3CC12.Cl.Cl. The van der Waals surface area contributed by atoms with Crippen molar-refractivity contribution >= 4 is 76.5 Å². The molecule has 8 N–H and O–H groups in total. The summed E-state index contributed by atoms with van der Waals surface area (Å²) in [5.41, 5.74) is 1.94. The molecule has 1 saturated carbocycles. The number of aliphatic hydroxyl groups is 3. The maximum absolute atomic E-state index is 13.9. The number of ketones is 2. The fourth-order valence-corrected chi connectivity index (χ4v) is 7.73. The Morgan fingerprint density at radius 1 is 1.14 bits per heavy atom. The number of phenols is 1. The summed E-state index contributed by atoms with van der Waals surface area (Å²) in [6.07, 6.45) is 4.38. The molecule has 0 radical (unpaired) electrons. The average Bonchev–Trinajstić information content (AvgIpc) is 3.41. The third-order valence-corrected chi connectivity index (χ3v) is 9.81. The Morgan fingerprint density at radius 2 is 1.77 bits per heavy atom. The van der Waals surface area contributed by atoms with E-state index in [4.69, 9.17) is 5.73 Å². The Kier molecular flexibility index (Phi) is 10.5. The van der Waals surface area contributed by atoms with Crippen LogP contribution in [-0.2, 0) is 20.8 Å². The first-order valence-corrected chi connectivity index (χ1v) is 14.6. The number of nitrogens with two attached hydrogens (primary N) is 1. The smallest absolute Gasteiger partial charge is 0.255 e. The number of carbonyl (C=O) groups is 4. The van der Waals surface area contributed by atoms with Gasteiger partial charge in [-0.2, -0.15) is 0 Å². The van der Waals surface area contributed by atoms with Gasteiger partial charge in [0.25, 0.3) is 5.91 Å². The van der Waals surface area contributed by atoms with Crippen molar-refractivity contribution in [2.75, 3.05) is 26.0 Å². The number of nitrogens with zero attached hydrogens (tertiary/aromatic N) is 1. The minimum atomic E-state index is -2.70. The summed E-state index contributed by atoms with van der Waals surface area (Å²) in [4.78, 5) is 53.6. The van der Waals surface area contributed by atoms with Crippen LogP contribution in [-0.4, -0.2) is 87.0 Å². The van der Waals surface area contributed by atoms with Gasteiger partial charge in [0.15, 0.2) is 17.1 Å². The quantitative estimate of drug-likeness (QED) is 0.128. The van der Waals surface area contributed by atoms with E-state index in [1.165, 1.54) is 4.90 Å². The lowest BCUT2D eigenvalue weighted by molar-refractivity contribution is -0.148. The molecule has 236 valence electrons. The number of primary amides is 1. The molecular formula is C28H35Cl2IN4O8. The number of amides is 2. The van der Waals surface area contributed by atoms with Crippen LogP contribution in [0.5, 0.6) is 5.75 Å². The Balaban J connectivity index is 0.00000253. The van der Waals surface area contributed by atoms with E-state index in [0.29, 0.717) is 9.13 Å². The van der Waals surface area contributed by atoms with Gasteiger partial charge in [-0.15, -0.1) is 24.8 Å². The summed E-state index contributed by atoms with van der Waals surface area (Å²) in [5.74, 6) is -7.54. The fraction of sp³-hybridized carbons (Fsp3) is 0.500. The molecule has 0 aliphatic heterocycles. The lowest BCUT2D eigenvalue weighted by atomic mass is 9.58. The summed E-state index contributed by atoms with van der Waals surface area (Å²) in [6, 6.07) is 0.779. The zero-order valence-electron chi connectivity index (χ0n) is 23.5. The second-order valence-corrected chi connectivity index (χ2v) is 12.6. The number of anilines is 1. The highest BCUT2D eigenvalue weighted by atomic mass is 127. The topological polar surface area (TPSA) is 203 Å². The number of phenolic OH excluding ortho intramolecular Hbond substituents is 1. The maximum Gasteiger partial charge on any atom is 0.255 e. The van der Waals surface area contributed by atoms with Gasteiger partial charge in [-0.25, -0.2) is 0 Å². The van der Waals surface area contributed by atoms with Crippen LogP contribution in [0.15, 0.2) is 28.7 Å². The van der Waals surface area contributed by atoms with Crippen LogP contribution in [0.2, 0.25) is 0 Å². The van der Waals surface area contributed by atoms with Crippen LogP contribution < -0.4 is 16.4 Å². The van der Waals surface area contributed by atoms with Crippen LogP contribution in [0.25, 0.3) is 0 Å². The first-order valence-electron chi connectivity index (χ1n) is 13.5. The molecule has 0 heterocycles. The van der Waals surface area contributed by atoms with Crippen molar-refractivity contribution in [3.8, 4) is 5.75 Å². The lowest BCUT2D eigenvalue weighted by Crippen LogP contribution is -2.63.